The minimum atomic E-state index is -0.882. The quantitative estimate of drug-likeness (QED) is 0.357. The van der Waals surface area contributed by atoms with E-state index in [1.54, 1.807) is 31.2 Å². The Morgan fingerprint density at radius 2 is 2.11 bits per heavy atom. The molecule has 0 aliphatic rings. The summed E-state index contributed by atoms with van der Waals surface area (Å²) in [4.78, 5) is 2.62. The SMILES string of the molecule is CO[C@H](c1ccc(C(C)=N)cc1)[C@@H](CF)N=[N+]=[N-]. The van der Waals surface area contributed by atoms with Crippen LogP contribution in [-0.4, -0.2) is 25.5 Å². The van der Waals surface area contributed by atoms with Gasteiger partial charge in [-0.05, 0) is 23.6 Å². The predicted octanol–water partition coefficient (Wildman–Crippen LogP) is 3.41. The van der Waals surface area contributed by atoms with E-state index in [2.05, 4.69) is 10.0 Å². The molecule has 1 aromatic rings. The normalized spacial score (nSPS) is 13.5. The molecule has 0 saturated heterocycles. The van der Waals surface area contributed by atoms with Crippen LogP contribution >= 0.6 is 0 Å². The minimum absolute atomic E-state index is 0.451. The maximum atomic E-state index is 12.8. The molecule has 0 aromatic heterocycles. The molecule has 0 aliphatic heterocycles. The van der Waals surface area contributed by atoms with Crippen molar-refractivity contribution in [2.75, 3.05) is 13.8 Å². The van der Waals surface area contributed by atoms with Gasteiger partial charge in [-0.1, -0.05) is 29.4 Å². The number of nitrogens with zero attached hydrogens (tertiary/aromatic N) is 3. The van der Waals surface area contributed by atoms with Gasteiger partial charge in [0.1, 0.15) is 6.67 Å². The van der Waals surface area contributed by atoms with Crippen molar-refractivity contribution >= 4 is 5.71 Å². The Kier molecular flexibility index (Phi) is 5.30. The number of ether oxygens (including phenoxy) is 1. The van der Waals surface area contributed by atoms with Gasteiger partial charge in [-0.25, -0.2) is 0 Å². The molecule has 0 fully saturated rings. The molecule has 1 aromatic carbocycles. The second-order valence-corrected chi connectivity index (χ2v) is 3.83. The fourth-order valence-corrected chi connectivity index (χ4v) is 1.68. The highest BCUT2D eigenvalue weighted by molar-refractivity contribution is 5.96. The summed E-state index contributed by atoms with van der Waals surface area (Å²) in [5.74, 6) is 0. The molecule has 6 heteroatoms. The predicted molar refractivity (Wildman–Crippen MR) is 67.6 cm³/mol. The molecule has 1 rings (SSSR count). The number of methoxy groups -OCH3 is 1. The molecule has 0 aliphatic carbocycles. The van der Waals surface area contributed by atoms with E-state index in [0.717, 1.165) is 11.1 Å². The summed E-state index contributed by atoms with van der Waals surface area (Å²) in [5, 5.41) is 10.9. The molecular weight excluding hydrogens is 235 g/mol. The number of halogens is 1. The van der Waals surface area contributed by atoms with Crippen LogP contribution in [0.15, 0.2) is 29.4 Å². The summed E-state index contributed by atoms with van der Waals surface area (Å²) < 4.78 is 18.0. The number of hydrogen-bond acceptors (Lipinski definition) is 3. The van der Waals surface area contributed by atoms with Crippen molar-refractivity contribution in [3.63, 3.8) is 0 Å². The highest BCUT2D eigenvalue weighted by Crippen LogP contribution is 2.24. The van der Waals surface area contributed by atoms with Gasteiger partial charge in [0, 0.05) is 17.7 Å². The standard InChI is InChI=1S/C12H15FN4O/c1-8(14)9-3-5-10(6-4-9)12(18-2)11(7-13)16-17-15/h3-6,11-12,14H,7H2,1-2H3/t11-,12-/m1/s1. The molecule has 0 heterocycles. The molecule has 0 spiro atoms. The number of hydrogen-bond donors (Lipinski definition) is 1. The number of nitrogens with one attached hydrogen (secondary N) is 1. The van der Waals surface area contributed by atoms with Gasteiger partial charge < -0.3 is 10.1 Å². The lowest BCUT2D eigenvalue weighted by molar-refractivity contribution is 0.0722. The first-order valence-corrected chi connectivity index (χ1v) is 5.42. The zero-order valence-electron chi connectivity index (χ0n) is 10.3. The van der Waals surface area contributed by atoms with Crippen LogP contribution in [0.3, 0.4) is 0 Å². The molecular formula is C12H15FN4O. The van der Waals surface area contributed by atoms with Crippen LogP contribution in [0, 0.1) is 5.41 Å². The first-order valence-electron chi connectivity index (χ1n) is 5.42. The van der Waals surface area contributed by atoms with Crippen molar-refractivity contribution in [1.29, 1.82) is 5.41 Å². The first kappa shape index (κ1) is 14.2. The van der Waals surface area contributed by atoms with Crippen LogP contribution in [0.5, 0.6) is 0 Å². The van der Waals surface area contributed by atoms with Crippen molar-refractivity contribution in [2.45, 2.75) is 19.1 Å². The summed E-state index contributed by atoms with van der Waals surface area (Å²) in [5.41, 5.74) is 10.3. The van der Waals surface area contributed by atoms with E-state index >= 15 is 0 Å². The average Bonchev–Trinajstić information content (AvgIpc) is 2.39. The third-order valence-electron chi connectivity index (χ3n) is 2.63. The molecule has 0 amide bonds. The molecule has 0 unspecified atom stereocenters. The lowest BCUT2D eigenvalue weighted by atomic mass is 10.0. The van der Waals surface area contributed by atoms with Gasteiger partial charge in [-0.2, -0.15) is 0 Å². The summed E-state index contributed by atoms with van der Waals surface area (Å²) >= 11 is 0. The second kappa shape index (κ2) is 6.74. The van der Waals surface area contributed by atoms with Crippen LogP contribution in [0.1, 0.15) is 24.2 Å². The highest BCUT2D eigenvalue weighted by atomic mass is 19.1. The van der Waals surface area contributed by atoms with Gasteiger partial charge in [-0.15, -0.1) is 0 Å². The Morgan fingerprint density at radius 1 is 1.50 bits per heavy atom. The van der Waals surface area contributed by atoms with Gasteiger partial charge >= 0.3 is 0 Å². The number of rotatable bonds is 6. The fourth-order valence-electron chi connectivity index (χ4n) is 1.68. The topological polar surface area (TPSA) is 81.8 Å². The third-order valence-corrected chi connectivity index (χ3v) is 2.63. The van der Waals surface area contributed by atoms with E-state index < -0.39 is 18.8 Å². The highest BCUT2D eigenvalue weighted by Gasteiger charge is 2.22. The maximum absolute atomic E-state index is 12.8. The van der Waals surface area contributed by atoms with Gasteiger partial charge in [0.15, 0.2) is 0 Å². The van der Waals surface area contributed by atoms with E-state index in [4.69, 9.17) is 15.7 Å². The average molecular weight is 250 g/mol. The van der Waals surface area contributed by atoms with E-state index in [1.165, 1.54) is 7.11 Å². The fraction of sp³-hybridized carbons (Fsp3) is 0.417. The smallest absolute Gasteiger partial charge is 0.101 e. The van der Waals surface area contributed by atoms with Crippen molar-refractivity contribution < 1.29 is 9.13 Å². The van der Waals surface area contributed by atoms with E-state index in [0.29, 0.717) is 5.71 Å². The van der Waals surface area contributed by atoms with Gasteiger partial charge in [0.2, 0.25) is 0 Å². The van der Waals surface area contributed by atoms with Crippen molar-refractivity contribution in [2.24, 2.45) is 5.11 Å². The number of alkyl halides is 1. The number of azide groups is 1. The summed E-state index contributed by atoms with van der Waals surface area (Å²) in [6.07, 6.45) is -0.619. The number of benzene rings is 1. The lowest BCUT2D eigenvalue weighted by Crippen LogP contribution is -2.20. The Bertz CT molecular complexity index is 454. The second-order valence-electron chi connectivity index (χ2n) is 3.83. The molecule has 18 heavy (non-hydrogen) atoms. The molecule has 96 valence electrons. The monoisotopic (exact) mass is 250 g/mol. The maximum Gasteiger partial charge on any atom is 0.101 e. The van der Waals surface area contributed by atoms with Crippen molar-refractivity contribution in [3.05, 3.63) is 45.8 Å². The van der Waals surface area contributed by atoms with Crippen LogP contribution < -0.4 is 0 Å². The third kappa shape index (κ3) is 3.29. The summed E-state index contributed by atoms with van der Waals surface area (Å²) in [6, 6.07) is 6.13. The van der Waals surface area contributed by atoms with Crippen LogP contribution in [0.25, 0.3) is 10.4 Å². The van der Waals surface area contributed by atoms with E-state index in [1.807, 2.05) is 0 Å². The molecule has 0 bridgehead atoms. The summed E-state index contributed by atoms with van der Waals surface area (Å²) in [7, 11) is 1.44. The van der Waals surface area contributed by atoms with Crippen LogP contribution in [0.4, 0.5) is 4.39 Å². The molecule has 5 nitrogen and oxygen atoms in total. The van der Waals surface area contributed by atoms with Gasteiger partial charge in [-0.3, -0.25) is 4.39 Å². The zero-order valence-corrected chi connectivity index (χ0v) is 10.3. The Labute approximate surface area is 105 Å². The van der Waals surface area contributed by atoms with Crippen molar-refractivity contribution in [3.8, 4) is 0 Å². The van der Waals surface area contributed by atoms with Crippen LogP contribution in [-0.2, 0) is 4.74 Å². The lowest BCUT2D eigenvalue weighted by Gasteiger charge is -2.20. The largest absolute Gasteiger partial charge is 0.376 e. The molecule has 0 saturated carbocycles. The molecule has 0 radical (unpaired) electrons. The van der Waals surface area contributed by atoms with E-state index in [9.17, 15) is 4.39 Å². The van der Waals surface area contributed by atoms with Crippen molar-refractivity contribution in [1.82, 2.24) is 0 Å². The Balaban J connectivity index is 3.01. The Hall–Kier alpha value is -1.91. The molecule has 1 N–H and O–H groups in total. The minimum Gasteiger partial charge on any atom is -0.376 e. The van der Waals surface area contributed by atoms with Gasteiger partial charge in [0.25, 0.3) is 0 Å². The first-order chi connectivity index (χ1) is 8.63. The zero-order chi connectivity index (χ0) is 13.5. The van der Waals surface area contributed by atoms with E-state index in [-0.39, 0.29) is 0 Å². The molecule has 2 atom stereocenters. The van der Waals surface area contributed by atoms with Gasteiger partial charge in [0.05, 0.1) is 12.1 Å². The Morgan fingerprint density at radius 3 is 2.50 bits per heavy atom. The summed E-state index contributed by atoms with van der Waals surface area (Å²) in [6.45, 7) is 0.904. The van der Waals surface area contributed by atoms with Crippen LogP contribution in [0.2, 0.25) is 0 Å².